The minimum absolute atomic E-state index is 0.0961. The molecular formula is C24H27ClO7. The standard InChI is InChI=1S/C24H27ClO7/c1-16(26)28-15-20-21(29-13-18-9-5-3-6-10-18)22(31-17(2)27)23(24(25)32-20)30-14-19-11-7-4-8-12-19/h3-12,20-24H,13-15H2,1-2H3/t20-,21-,22+,23+,24+/m1/s1. The lowest BCUT2D eigenvalue weighted by molar-refractivity contribution is -0.248. The topological polar surface area (TPSA) is 80.3 Å². The predicted octanol–water partition coefficient (Wildman–Crippen LogP) is 3.62. The normalized spacial score (nSPS) is 25.2. The maximum Gasteiger partial charge on any atom is 0.303 e. The Morgan fingerprint density at radius 3 is 1.84 bits per heavy atom. The number of esters is 2. The largest absolute Gasteiger partial charge is 0.463 e. The van der Waals surface area contributed by atoms with Crippen LogP contribution in [0.1, 0.15) is 25.0 Å². The summed E-state index contributed by atoms with van der Waals surface area (Å²) in [5.41, 5.74) is 0.914. The lowest BCUT2D eigenvalue weighted by Crippen LogP contribution is -2.60. The van der Waals surface area contributed by atoms with Crippen molar-refractivity contribution in [2.75, 3.05) is 6.61 Å². The Morgan fingerprint density at radius 1 is 0.812 bits per heavy atom. The maximum absolute atomic E-state index is 11.9. The minimum atomic E-state index is -0.944. The second-order valence-electron chi connectivity index (χ2n) is 7.42. The van der Waals surface area contributed by atoms with Gasteiger partial charge in [-0.25, -0.2) is 0 Å². The first-order valence-electron chi connectivity index (χ1n) is 10.3. The summed E-state index contributed by atoms with van der Waals surface area (Å²) >= 11 is 6.49. The molecule has 2 aromatic rings. The van der Waals surface area contributed by atoms with Crippen LogP contribution >= 0.6 is 11.6 Å². The van der Waals surface area contributed by atoms with Crippen molar-refractivity contribution in [2.24, 2.45) is 0 Å². The number of rotatable bonds is 9. The van der Waals surface area contributed by atoms with Crippen LogP contribution in [0.3, 0.4) is 0 Å². The fourth-order valence-corrected chi connectivity index (χ4v) is 3.78. The number of hydrogen-bond donors (Lipinski definition) is 0. The van der Waals surface area contributed by atoms with Crippen molar-refractivity contribution in [1.82, 2.24) is 0 Å². The van der Waals surface area contributed by atoms with Crippen LogP contribution < -0.4 is 0 Å². The van der Waals surface area contributed by atoms with Gasteiger partial charge in [0.2, 0.25) is 0 Å². The molecule has 3 rings (SSSR count). The van der Waals surface area contributed by atoms with Gasteiger partial charge in [0.05, 0.1) is 13.2 Å². The molecule has 1 saturated heterocycles. The molecule has 1 fully saturated rings. The highest BCUT2D eigenvalue weighted by Gasteiger charge is 2.49. The lowest BCUT2D eigenvalue weighted by Gasteiger charge is -2.43. The van der Waals surface area contributed by atoms with Crippen molar-refractivity contribution in [3.8, 4) is 0 Å². The minimum Gasteiger partial charge on any atom is -0.463 e. The van der Waals surface area contributed by atoms with Gasteiger partial charge in [-0.15, -0.1) is 0 Å². The fraction of sp³-hybridized carbons (Fsp3) is 0.417. The van der Waals surface area contributed by atoms with Gasteiger partial charge in [0.25, 0.3) is 0 Å². The summed E-state index contributed by atoms with van der Waals surface area (Å²) in [6, 6.07) is 19.1. The summed E-state index contributed by atoms with van der Waals surface area (Å²) in [4.78, 5) is 23.3. The number of benzene rings is 2. The molecule has 5 atom stereocenters. The molecule has 0 amide bonds. The lowest BCUT2D eigenvalue weighted by atomic mass is 9.99. The summed E-state index contributed by atoms with van der Waals surface area (Å²) in [5.74, 6) is -0.971. The van der Waals surface area contributed by atoms with Gasteiger partial charge in [-0.3, -0.25) is 9.59 Å². The van der Waals surface area contributed by atoms with E-state index < -0.39 is 41.9 Å². The van der Waals surface area contributed by atoms with E-state index in [9.17, 15) is 9.59 Å². The molecule has 0 aromatic heterocycles. The Hall–Kier alpha value is -2.45. The molecule has 0 unspecified atom stereocenters. The molecular weight excluding hydrogens is 436 g/mol. The Bertz CT molecular complexity index is 861. The first kappa shape index (κ1) is 24.2. The molecule has 172 valence electrons. The molecule has 1 aliphatic rings. The van der Waals surface area contributed by atoms with E-state index in [1.807, 2.05) is 60.7 Å². The highest BCUT2D eigenvalue weighted by Crippen LogP contribution is 2.31. The van der Waals surface area contributed by atoms with E-state index in [-0.39, 0.29) is 19.8 Å². The Kier molecular flexibility index (Phi) is 9.05. The number of carbonyl (C=O) groups is 2. The second-order valence-corrected chi connectivity index (χ2v) is 7.85. The van der Waals surface area contributed by atoms with E-state index >= 15 is 0 Å². The van der Waals surface area contributed by atoms with Crippen LogP contribution in [-0.2, 0) is 46.5 Å². The molecule has 32 heavy (non-hydrogen) atoms. The third-order valence-corrected chi connectivity index (χ3v) is 5.25. The van der Waals surface area contributed by atoms with Crippen molar-refractivity contribution in [1.29, 1.82) is 0 Å². The molecule has 0 aliphatic carbocycles. The first-order chi connectivity index (χ1) is 15.4. The third-order valence-electron chi connectivity index (χ3n) is 4.90. The molecule has 1 aliphatic heterocycles. The third kappa shape index (κ3) is 7.03. The van der Waals surface area contributed by atoms with Crippen LogP contribution in [-0.4, -0.2) is 48.5 Å². The SMILES string of the molecule is CC(=O)OC[C@H]1O[C@H](Cl)[C@@H](OCc2ccccc2)[C@@H](OC(C)=O)[C@@H]1OCc1ccccc1. The summed E-state index contributed by atoms with van der Waals surface area (Å²) in [6.07, 6.45) is -3.17. The van der Waals surface area contributed by atoms with E-state index in [0.717, 1.165) is 11.1 Å². The zero-order valence-electron chi connectivity index (χ0n) is 18.0. The smallest absolute Gasteiger partial charge is 0.303 e. The van der Waals surface area contributed by atoms with Gasteiger partial charge in [0.15, 0.2) is 11.7 Å². The highest BCUT2D eigenvalue weighted by molar-refractivity contribution is 6.20. The molecule has 7 nitrogen and oxygen atoms in total. The van der Waals surface area contributed by atoms with E-state index in [1.165, 1.54) is 13.8 Å². The number of halogens is 1. The average molecular weight is 463 g/mol. The fourth-order valence-electron chi connectivity index (χ4n) is 3.43. The van der Waals surface area contributed by atoms with Gasteiger partial charge >= 0.3 is 11.9 Å². The maximum atomic E-state index is 11.9. The molecule has 0 radical (unpaired) electrons. The van der Waals surface area contributed by atoms with Crippen LogP contribution in [0.5, 0.6) is 0 Å². The van der Waals surface area contributed by atoms with Crippen molar-refractivity contribution in [3.63, 3.8) is 0 Å². The zero-order chi connectivity index (χ0) is 22.9. The van der Waals surface area contributed by atoms with Gasteiger partial charge in [0.1, 0.15) is 24.9 Å². The Labute approximate surface area is 192 Å². The molecule has 0 spiro atoms. The number of hydrogen-bond acceptors (Lipinski definition) is 7. The molecule has 0 saturated carbocycles. The van der Waals surface area contributed by atoms with Crippen molar-refractivity contribution >= 4 is 23.5 Å². The number of alkyl halides is 1. The summed E-state index contributed by atoms with van der Waals surface area (Å²) < 4.78 is 28.8. The van der Waals surface area contributed by atoms with Gasteiger partial charge in [0, 0.05) is 13.8 Å². The second kappa shape index (κ2) is 12.0. The van der Waals surface area contributed by atoms with Gasteiger partial charge in [-0.2, -0.15) is 0 Å². The highest BCUT2D eigenvalue weighted by atomic mass is 35.5. The van der Waals surface area contributed by atoms with Crippen LogP contribution in [0.2, 0.25) is 0 Å². The van der Waals surface area contributed by atoms with Crippen molar-refractivity contribution in [3.05, 3.63) is 71.8 Å². The van der Waals surface area contributed by atoms with E-state index in [1.54, 1.807) is 0 Å². The monoisotopic (exact) mass is 462 g/mol. The van der Waals surface area contributed by atoms with Gasteiger partial charge < -0.3 is 23.7 Å². The quantitative estimate of drug-likeness (QED) is 0.416. The average Bonchev–Trinajstić information content (AvgIpc) is 2.77. The van der Waals surface area contributed by atoms with Crippen LogP contribution in [0.25, 0.3) is 0 Å². The zero-order valence-corrected chi connectivity index (χ0v) is 18.8. The molecule has 0 N–H and O–H groups in total. The summed E-state index contributed by atoms with van der Waals surface area (Å²) in [7, 11) is 0. The summed E-state index contributed by atoms with van der Waals surface area (Å²) in [6.45, 7) is 3.00. The number of ether oxygens (including phenoxy) is 5. The molecule has 8 heteroatoms. The predicted molar refractivity (Wildman–Crippen MR) is 117 cm³/mol. The van der Waals surface area contributed by atoms with Crippen molar-refractivity contribution < 1.29 is 33.3 Å². The van der Waals surface area contributed by atoms with E-state index in [4.69, 9.17) is 35.3 Å². The summed E-state index contributed by atoms with van der Waals surface area (Å²) in [5, 5.41) is 0. The number of carbonyl (C=O) groups excluding carboxylic acids is 2. The first-order valence-corrected chi connectivity index (χ1v) is 10.8. The molecule has 2 aromatic carbocycles. The van der Waals surface area contributed by atoms with Crippen molar-refractivity contribution in [2.45, 2.75) is 57.0 Å². The van der Waals surface area contributed by atoms with Crippen LogP contribution in [0.4, 0.5) is 0 Å². The molecule has 0 bridgehead atoms. The Morgan fingerprint density at radius 2 is 1.34 bits per heavy atom. The molecule has 1 heterocycles. The van der Waals surface area contributed by atoms with Crippen LogP contribution in [0, 0.1) is 0 Å². The van der Waals surface area contributed by atoms with E-state index in [2.05, 4.69) is 0 Å². The van der Waals surface area contributed by atoms with Crippen LogP contribution in [0.15, 0.2) is 60.7 Å². The van der Waals surface area contributed by atoms with Gasteiger partial charge in [-0.1, -0.05) is 72.3 Å². The van der Waals surface area contributed by atoms with Gasteiger partial charge in [-0.05, 0) is 11.1 Å². The van der Waals surface area contributed by atoms with E-state index in [0.29, 0.717) is 0 Å². The Balaban J connectivity index is 1.81.